The Bertz CT molecular complexity index is 1290. The van der Waals surface area contributed by atoms with E-state index < -0.39 is 17.2 Å². The second kappa shape index (κ2) is 10.8. The number of hydrogen-bond acceptors (Lipinski definition) is 8. The molecule has 1 saturated heterocycles. The van der Waals surface area contributed by atoms with E-state index in [4.69, 9.17) is 4.52 Å². The number of aromatic nitrogens is 5. The minimum absolute atomic E-state index is 0.139. The van der Waals surface area contributed by atoms with Crippen LogP contribution in [0.2, 0.25) is 0 Å². The van der Waals surface area contributed by atoms with Gasteiger partial charge < -0.3 is 14.7 Å². The third-order valence-electron chi connectivity index (χ3n) is 6.16. The number of rotatable bonds is 8. The first-order chi connectivity index (χ1) is 16.9. The Labute approximate surface area is 202 Å². The smallest absolute Gasteiger partial charge is 0.348 e. The Morgan fingerprint density at radius 2 is 2.00 bits per heavy atom. The van der Waals surface area contributed by atoms with Crippen LogP contribution in [0.1, 0.15) is 49.4 Å². The highest BCUT2D eigenvalue weighted by Crippen LogP contribution is 2.15. The molecule has 0 bridgehead atoms. The van der Waals surface area contributed by atoms with Gasteiger partial charge >= 0.3 is 17.5 Å². The second-order valence-corrected chi connectivity index (χ2v) is 9.01. The zero-order chi connectivity index (χ0) is 24.9. The molecule has 2 aromatic heterocycles. The van der Waals surface area contributed by atoms with E-state index in [0.29, 0.717) is 18.2 Å². The third-order valence-corrected chi connectivity index (χ3v) is 6.16. The molecule has 0 saturated carbocycles. The summed E-state index contributed by atoms with van der Waals surface area (Å²) in [7, 11) is 0. The zero-order valence-corrected chi connectivity index (χ0v) is 20.4. The summed E-state index contributed by atoms with van der Waals surface area (Å²) in [5, 5.41) is 10.8. The average molecular weight is 482 g/mol. The lowest BCUT2D eigenvalue weighted by Crippen LogP contribution is -2.41. The molecule has 1 amide bonds. The van der Waals surface area contributed by atoms with Crippen molar-refractivity contribution >= 4 is 5.91 Å². The first-order valence-electron chi connectivity index (χ1n) is 12.0. The van der Waals surface area contributed by atoms with Crippen LogP contribution in [0.5, 0.6) is 0 Å². The first kappa shape index (κ1) is 24.5. The lowest BCUT2D eigenvalue weighted by atomic mass is 10.0. The maximum atomic E-state index is 12.9. The normalized spacial score (nSPS) is 16.4. The Hall–Kier alpha value is -3.60. The molecule has 0 aliphatic carbocycles. The van der Waals surface area contributed by atoms with E-state index in [-0.39, 0.29) is 24.0 Å². The summed E-state index contributed by atoms with van der Waals surface area (Å²) in [6, 6.07) is 7.15. The molecule has 0 spiro atoms. The largest absolute Gasteiger partial charge is 0.352 e. The molecule has 1 aliphatic heterocycles. The van der Waals surface area contributed by atoms with Crippen LogP contribution in [0.15, 0.2) is 38.4 Å². The summed E-state index contributed by atoms with van der Waals surface area (Å²) in [6.07, 6.45) is 3.29. The molecule has 3 heterocycles. The van der Waals surface area contributed by atoms with Gasteiger partial charge in [0.05, 0.1) is 5.69 Å². The molecule has 0 radical (unpaired) electrons. The number of aryl methyl sites for hydroxylation is 1. The van der Waals surface area contributed by atoms with Crippen LogP contribution in [0.3, 0.4) is 0 Å². The van der Waals surface area contributed by atoms with Crippen molar-refractivity contribution in [2.24, 2.45) is 5.92 Å². The van der Waals surface area contributed by atoms with Gasteiger partial charge in [0.15, 0.2) is 5.69 Å². The number of amides is 1. The van der Waals surface area contributed by atoms with Crippen molar-refractivity contribution in [1.82, 2.24) is 34.7 Å². The van der Waals surface area contributed by atoms with Crippen LogP contribution in [0.4, 0.5) is 0 Å². The van der Waals surface area contributed by atoms with E-state index in [9.17, 15) is 14.4 Å². The Morgan fingerprint density at radius 1 is 1.23 bits per heavy atom. The molecule has 11 nitrogen and oxygen atoms in total. The predicted molar refractivity (Wildman–Crippen MR) is 130 cm³/mol. The van der Waals surface area contributed by atoms with E-state index in [1.54, 1.807) is 19.1 Å². The summed E-state index contributed by atoms with van der Waals surface area (Å²) < 4.78 is 7.27. The number of nitrogens with zero attached hydrogens (tertiary/aromatic N) is 6. The lowest BCUT2D eigenvalue weighted by molar-refractivity contribution is 0.0906. The number of likely N-dealkylation sites (tertiary alicyclic amines) is 1. The summed E-state index contributed by atoms with van der Waals surface area (Å²) in [4.78, 5) is 44.7. The van der Waals surface area contributed by atoms with Crippen molar-refractivity contribution in [3.05, 3.63) is 56.6 Å². The fourth-order valence-corrected chi connectivity index (χ4v) is 4.27. The molecule has 1 aromatic carbocycles. The van der Waals surface area contributed by atoms with Gasteiger partial charge in [0.25, 0.3) is 5.56 Å². The SMILES string of the molecule is CCn1c(=O)c(-c2noc(C(=O)NCCCN3CCC[C@H](C)C3)n2)nn(-c2ccc(C)cc2)c1=O. The zero-order valence-electron chi connectivity index (χ0n) is 20.4. The Morgan fingerprint density at radius 3 is 2.71 bits per heavy atom. The predicted octanol–water partition coefficient (Wildman–Crippen LogP) is 1.62. The van der Waals surface area contributed by atoms with Crippen molar-refractivity contribution in [1.29, 1.82) is 0 Å². The van der Waals surface area contributed by atoms with Gasteiger partial charge in [0, 0.05) is 19.6 Å². The van der Waals surface area contributed by atoms with Crippen LogP contribution in [-0.4, -0.2) is 61.5 Å². The fourth-order valence-electron chi connectivity index (χ4n) is 4.27. The van der Waals surface area contributed by atoms with Gasteiger partial charge in [0.2, 0.25) is 5.82 Å². The van der Waals surface area contributed by atoms with Crippen molar-refractivity contribution in [3.8, 4) is 17.2 Å². The van der Waals surface area contributed by atoms with Gasteiger partial charge in [-0.15, -0.1) is 0 Å². The third kappa shape index (κ3) is 5.56. The highest BCUT2D eigenvalue weighted by molar-refractivity contribution is 5.89. The van der Waals surface area contributed by atoms with E-state index in [1.165, 1.54) is 12.8 Å². The minimum atomic E-state index is -0.649. The lowest BCUT2D eigenvalue weighted by Gasteiger charge is -2.30. The summed E-state index contributed by atoms with van der Waals surface area (Å²) in [5.74, 6) is -0.214. The fraction of sp³-hybridized carbons (Fsp3) is 0.500. The van der Waals surface area contributed by atoms with Crippen LogP contribution < -0.4 is 16.6 Å². The molecule has 186 valence electrons. The maximum Gasteiger partial charge on any atom is 0.352 e. The van der Waals surface area contributed by atoms with E-state index in [2.05, 4.69) is 32.4 Å². The number of carbonyl (C=O) groups excluding carboxylic acids is 1. The summed E-state index contributed by atoms with van der Waals surface area (Å²) >= 11 is 0. The topological polar surface area (TPSA) is 128 Å². The number of carbonyl (C=O) groups is 1. The Balaban J connectivity index is 1.48. The van der Waals surface area contributed by atoms with Crippen LogP contribution >= 0.6 is 0 Å². The summed E-state index contributed by atoms with van der Waals surface area (Å²) in [6.45, 7) is 9.59. The van der Waals surface area contributed by atoms with Gasteiger partial charge in [-0.25, -0.2) is 4.79 Å². The first-order valence-corrected chi connectivity index (χ1v) is 12.0. The minimum Gasteiger partial charge on any atom is -0.348 e. The molecule has 35 heavy (non-hydrogen) atoms. The van der Waals surface area contributed by atoms with E-state index in [0.717, 1.165) is 40.9 Å². The molecular formula is C24H31N7O4. The number of benzene rings is 1. The molecular weight excluding hydrogens is 450 g/mol. The van der Waals surface area contributed by atoms with Crippen LogP contribution in [0, 0.1) is 12.8 Å². The van der Waals surface area contributed by atoms with Crippen molar-refractivity contribution < 1.29 is 9.32 Å². The maximum absolute atomic E-state index is 12.9. The molecule has 1 N–H and O–H groups in total. The van der Waals surface area contributed by atoms with E-state index >= 15 is 0 Å². The number of piperidine rings is 1. The number of hydrogen-bond donors (Lipinski definition) is 1. The van der Waals surface area contributed by atoms with Crippen LogP contribution in [-0.2, 0) is 6.54 Å². The van der Waals surface area contributed by atoms with Gasteiger partial charge in [-0.05, 0) is 64.3 Å². The second-order valence-electron chi connectivity index (χ2n) is 9.01. The van der Waals surface area contributed by atoms with Gasteiger partial charge in [-0.2, -0.15) is 14.8 Å². The van der Waals surface area contributed by atoms with Crippen molar-refractivity contribution in [2.75, 3.05) is 26.2 Å². The molecule has 3 aromatic rings. The highest BCUT2D eigenvalue weighted by Gasteiger charge is 2.22. The summed E-state index contributed by atoms with van der Waals surface area (Å²) in [5.41, 5.74) is 0.117. The molecule has 1 atom stereocenters. The standard InChI is InChI=1S/C24H31N7O4/c1-4-30-23(33)19(27-31(24(30)34)18-10-8-16(2)9-11-18)20-26-22(35-28-20)21(32)25-12-6-14-29-13-5-7-17(3)15-29/h8-11,17H,4-7,12-15H2,1-3H3,(H,25,32)/t17-/m0/s1. The van der Waals surface area contributed by atoms with Crippen molar-refractivity contribution in [3.63, 3.8) is 0 Å². The molecule has 1 fully saturated rings. The van der Waals surface area contributed by atoms with Gasteiger partial charge in [-0.3, -0.25) is 14.2 Å². The quantitative estimate of drug-likeness (QED) is 0.481. The molecule has 4 rings (SSSR count). The Kier molecular flexibility index (Phi) is 7.54. The molecule has 11 heteroatoms. The van der Waals surface area contributed by atoms with Crippen molar-refractivity contribution in [2.45, 2.75) is 46.6 Å². The van der Waals surface area contributed by atoms with E-state index in [1.807, 2.05) is 19.1 Å². The highest BCUT2D eigenvalue weighted by atomic mass is 16.5. The van der Waals surface area contributed by atoms with Gasteiger partial charge in [0.1, 0.15) is 0 Å². The monoisotopic (exact) mass is 481 g/mol. The average Bonchev–Trinajstić information content (AvgIpc) is 3.33. The number of nitrogens with one attached hydrogen (secondary N) is 1. The molecule has 0 unspecified atom stereocenters. The molecule has 1 aliphatic rings. The van der Waals surface area contributed by atoms with Gasteiger partial charge in [-0.1, -0.05) is 29.8 Å². The van der Waals surface area contributed by atoms with Crippen LogP contribution in [0.25, 0.3) is 17.2 Å².